The number of ether oxygens (including phenoxy) is 2. The van der Waals surface area contributed by atoms with Gasteiger partial charge in [0, 0.05) is 30.0 Å². The molecule has 6 nitrogen and oxygen atoms in total. The first-order valence-corrected chi connectivity index (χ1v) is 8.89. The number of aromatic amines is 1. The molecule has 134 valence electrons. The van der Waals surface area contributed by atoms with Crippen LogP contribution in [0.5, 0.6) is 11.5 Å². The van der Waals surface area contributed by atoms with E-state index >= 15 is 0 Å². The Kier molecular flexibility index (Phi) is 5.58. The summed E-state index contributed by atoms with van der Waals surface area (Å²) in [6.45, 7) is 3.85. The Hall–Kier alpha value is -2.50. The predicted molar refractivity (Wildman–Crippen MR) is 96.4 cm³/mol. The lowest BCUT2D eigenvalue weighted by Crippen LogP contribution is -2.25. The van der Waals surface area contributed by atoms with Crippen molar-refractivity contribution in [3.63, 3.8) is 0 Å². The quantitative estimate of drug-likeness (QED) is 0.757. The maximum absolute atomic E-state index is 12.3. The first-order chi connectivity index (χ1) is 12.2. The van der Waals surface area contributed by atoms with E-state index in [-0.39, 0.29) is 11.5 Å². The van der Waals surface area contributed by atoms with Crippen LogP contribution in [0.4, 0.5) is 0 Å². The van der Waals surface area contributed by atoms with Crippen LogP contribution in [0.1, 0.15) is 38.2 Å². The van der Waals surface area contributed by atoms with Crippen molar-refractivity contribution in [1.29, 1.82) is 0 Å². The molecular formula is C19H24N2O4. The van der Waals surface area contributed by atoms with Gasteiger partial charge >= 0.3 is 0 Å². The number of pyridine rings is 1. The molecule has 3 rings (SSSR count). The van der Waals surface area contributed by atoms with Gasteiger partial charge in [0.1, 0.15) is 13.2 Å². The topological polar surface area (TPSA) is 80.4 Å². The molecule has 0 saturated carbocycles. The summed E-state index contributed by atoms with van der Waals surface area (Å²) in [4.78, 5) is 27.0. The minimum Gasteiger partial charge on any atom is -0.486 e. The number of amides is 1. The van der Waals surface area contributed by atoms with Gasteiger partial charge in [-0.25, -0.2) is 0 Å². The van der Waals surface area contributed by atoms with Gasteiger partial charge in [0.15, 0.2) is 11.5 Å². The molecule has 0 radical (unpaired) electrons. The number of carbonyl (C=O) groups is 1. The molecule has 0 saturated heterocycles. The van der Waals surface area contributed by atoms with E-state index in [1.54, 1.807) is 6.07 Å². The Bertz CT molecular complexity index is 813. The Labute approximate surface area is 146 Å². The standard InChI is InChI=1S/C19H24N2O4/c1-2-3-4-7-20-18(22)6-5-13-10-14-11-16-17(25-9-8-24-16)12-15(14)21-19(13)23/h10-12H,2-9H2,1H3,(H,20,22)(H,21,23). The average molecular weight is 344 g/mol. The van der Waals surface area contributed by atoms with Gasteiger partial charge in [-0.1, -0.05) is 19.8 Å². The number of aryl methyl sites for hydroxylation is 1. The fourth-order valence-corrected chi connectivity index (χ4v) is 2.91. The molecule has 0 fully saturated rings. The van der Waals surface area contributed by atoms with Crippen LogP contribution in [0, 0.1) is 0 Å². The van der Waals surface area contributed by atoms with Gasteiger partial charge in [-0.2, -0.15) is 0 Å². The molecule has 1 amide bonds. The van der Waals surface area contributed by atoms with Crippen LogP contribution in [0.2, 0.25) is 0 Å². The number of fused-ring (bicyclic) bond motifs is 2. The molecule has 25 heavy (non-hydrogen) atoms. The SMILES string of the molecule is CCCCCNC(=O)CCc1cc2cc3c(cc2[nH]c1=O)OCCO3. The van der Waals surface area contributed by atoms with Crippen molar-refractivity contribution < 1.29 is 14.3 Å². The molecule has 2 N–H and O–H groups in total. The number of H-pyrrole nitrogens is 1. The fraction of sp³-hybridized carbons (Fsp3) is 0.474. The number of hydrogen-bond acceptors (Lipinski definition) is 4. The van der Waals surface area contributed by atoms with E-state index < -0.39 is 0 Å². The van der Waals surface area contributed by atoms with Crippen LogP contribution in [-0.2, 0) is 11.2 Å². The summed E-state index contributed by atoms with van der Waals surface area (Å²) in [5, 5.41) is 3.77. The van der Waals surface area contributed by atoms with Crippen LogP contribution >= 0.6 is 0 Å². The first kappa shape index (κ1) is 17.3. The monoisotopic (exact) mass is 344 g/mol. The zero-order chi connectivity index (χ0) is 17.6. The van der Waals surface area contributed by atoms with Crippen LogP contribution in [0.25, 0.3) is 10.9 Å². The second kappa shape index (κ2) is 8.05. The summed E-state index contributed by atoms with van der Waals surface area (Å²) >= 11 is 0. The van der Waals surface area contributed by atoms with Crippen LogP contribution in [0.3, 0.4) is 0 Å². The molecule has 1 aliphatic heterocycles. The highest BCUT2D eigenvalue weighted by Crippen LogP contribution is 2.33. The van der Waals surface area contributed by atoms with Crippen molar-refractivity contribution in [2.24, 2.45) is 0 Å². The molecule has 0 atom stereocenters. The van der Waals surface area contributed by atoms with E-state index in [2.05, 4.69) is 17.2 Å². The van der Waals surface area contributed by atoms with Crippen molar-refractivity contribution in [1.82, 2.24) is 10.3 Å². The molecule has 0 spiro atoms. The van der Waals surface area contributed by atoms with Gasteiger partial charge in [-0.05, 0) is 25.0 Å². The number of rotatable bonds is 7. The Balaban J connectivity index is 1.68. The maximum Gasteiger partial charge on any atom is 0.251 e. The summed E-state index contributed by atoms with van der Waals surface area (Å²) < 4.78 is 11.1. The lowest BCUT2D eigenvalue weighted by molar-refractivity contribution is -0.121. The highest BCUT2D eigenvalue weighted by molar-refractivity contribution is 5.83. The minimum atomic E-state index is -0.164. The highest BCUT2D eigenvalue weighted by Gasteiger charge is 2.14. The largest absolute Gasteiger partial charge is 0.486 e. The zero-order valence-electron chi connectivity index (χ0n) is 14.5. The average Bonchev–Trinajstić information content (AvgIpc) is 2.62. The highest BCUT2D eigenvalue weighted by atomic mass is 16.6. The Morgan fingerprint density at radius 3 is 2.68 bits per heavy atom. The molecule has 1 aromatic carbocycles. The summed E-state index contributed by atoms with van der Waals surface area (Å²) in [5.74, 6) is 1.32. The predicted octanol–water partition coefficient (Wildman–Crippen LogP) is 2.54. The second-order valence-electron chi connectivity index (χ2n) is 6.26. The number of carbonyl (C=O) groups excluding carboxylic acids is 1. The molecule has 2 aromatic rings. The van der Waals surface area contributed by atoms with E-state index in [9.17, 15) is 9.59 Å². The van der Waals surface area contributed by atoms with E-state index in [1.807, 2.05) is 12.1 Å². The summed E-state index contributed by atoms with van der Waals surface area (Å²) in [7, 11) is 0. The van der Waals surface area contributed by atoms with Crippen molar-refractivity contribution in [2.45, 2.75) is 39.0 Å². The zero-order valence-corrected chi connectivity index (χ0v) is 14.5. The van der Waals surface area contributed by atoms with Gasteiger partial charge in [-0.3, -0.25) is 9.59 Å². The number of unbranched alkanes of at least 4 members (excludes halogenated alkanes) is 2. The number of aromatic nitrogens is 1. The van der Waals surface area contributed by atoms with Crippen molar-refractivity contribution in [3.8, 4) is 11.5 Å². The fourth-order valence-electron chi connectivity index (χ4n) is 2.91. The lowest BCUT2D eigenvalue weighted by atomic mass is 10.1. The smallest absolute Gasteiger partial charge is 0.251 e. The van der Waals surface area contributed by atoms with Crippen molar-refractivity contribution in [2.75, 3.05) is 19.8 Å². The maximum atomic E-state index is 12.3. The molecule has 2 heterocycles. The second-order valence-corrected chi connectivity index (χ2v) is 6.26. The third kappa shape index (κ3) is 4.32. The van der Waals surface area contributed by atoms with Crippen LogP contribution in [-0.4, -0.2) is 30.6 Å². The summed E-state index contributed by atoms with van der Waals surface area (Å²) in [6, 6.07) is 5.49. The Morgan fingerprint density at radius 2 is 1.92 bits per heavy atom. The Morgan fingerprint density at radius 1 is 1.16 bits per heavy atom. The lowest BCUT2D eigenvalue weighted by Gasteiger charge is -2.18. The number of nitrogens with one attached hydrogen (secondary N) is 2. The number of hydrogen-bond donors (Lipinski definition) is 2. The molecule has 1 aromatic heterocycles. The number of benzene rings is 1. The van der Waals surface area contributed by atoms with Crippen molar-refractivity contribution in [3.05, 3.63) is 34.1 Å². The van der Waals surface area contributed by atoms with E-state index in [0.717, 1.165) is 24.6 Å². The normalized spacial score (nSPS) is 13.0. The van der Waals surface area contributed by atoms with Gasteiger partial charge < -0.3 is 19.8 Å². The van der Waals surface area contributed by atoms with E-state index in [1.165, 1.54) is 0 Å². The minimum absolute atomic E-state index is 0.0159. The summed E-state index contributed by atoms with van der Waals surface area (Å²) in [6.07, 6.45) is 3.96. The van der Waals surface area contributed by atoms with Crippen molar-refractivity contribution >= 4 is 16.8 Å². The molecule has 0 unspecified atom stereocenters. The molecule has 0 aliphatic carbocycles. The van der Waals surface area contributed by atoms with Crippen LogP contribution < -0.4 is 20.3 Å². The van der Waals surface area contributed by atoms with Gasteiger partial charge in [0.2, 0.25) is 5.91 Å². The molecule has 1 aliphatic rings. The van der Waals surface area contributed by atoms with Gasteiger partial charge in [0.25, 0.3) is 5.56 Å². The molecular weight excluding hydrogens is 320 g/mol. The van der Waals surface area contributed by atoms with Gasteiger partial charge in [0.05, 0.1) is 5.52 Å². The third-order valence-electron chi connectivity index (χ3n) is 4.31. The third-order valence-corrected chi connectivity index (χ3v) is 4.31. The van der Waals surface area contributed by atoms with E-state index in [0.29, 0.717) is 55.2 Å². The first-order valence-electron chi connectivity index (χ1n) is 8.89. The summed E-state index contributed by atoms with van der Waals surface area (Å²) in [5.41, 5.74) is 1.15. The van der Waals surface area contributed by atoms with Gasteiger partial charge in [-0.15, -0.1) is 0 Å². The molecule has 6 heteroatoms. The van der Waals surface area contributed by atoms with E-state index in [4.69, 9.17) is 9.47 Å². The molecule has 0 bridgehead atoms. The van der Waals surface area contributed by atoms with Crippen LogP contribution in [0.15, 0.2) is 23.0 Å².